The number of hydrogen-bond donors (Lipinski definition) is 2. The lowest BCUT2D eigenvalue weighted by atomic mass is 10.2. The largest absolute Gasteiger partial charge is 0.397 e. The molecule has 0 aliphatic rings. The molecular formula is C11H11FN2S. The minimum absolute atomic E-state index is 0.311. The van der Waals surface area contributed by atoms with Gasteiger partial charge >= 0.3 is 0 Å². The molecule has 0 spiro atoms. The number of nitrogens with two attached hydrogens (primary N) is 1. The summed E-state index contributed by atoms with van der Waals surface area (Å²) in [5.41, 5.74) is 6.87. The van der Waals surface area contributed by atoms with Crippen LogP contribution in [0.1, 0.15) is 4.88 Å². The van der Waals surface area contributed by atoms with Crippen LogP contribution in [0, 0.1) is 5.82 Å². The quantitative estimate of drug-likeness (QED) is 0.783. The summed E-state index contributed by atoms with van der Waals surface area (Å²) >= 11 is 1.67. The van der Waals surface area contributed by atoms with E-state index in [0.717, 1.165) is 5.69 Å². The number of hydrogen-bond acceptors (Lipinski definition) is 3. The molecule has 0 amide bonds. The summed E-state index contributed by atoms with van der Waals surface area (Å²) in [7, 11) is 0. The summed E-state index contributed by atoms with van der Waals surface area (Å²) in [6, 6.07) is 8.40. The second-order valence-electron chi connectivity index (χ2n) is 3.16. The second-order valence-corrected chi connectivity index (χ2v) is 4.20. The Hall–Kier alpha value is -1.55. The molecule has 2 nitrogen and oxygen atoms in total. The predicted molar refractivity (Wildman–Crippen MR) is 62.5 cm³/mol. The molecule has 0 aliphatic heterocycles. The van der Waals surface area contributed by atoms with Crippen molar-refractivity contribution in [3.8, 4) is 0 Å². The fourth-order valence-electron chi connectivity index (χ4n) is 1.29. The first-order chi connectivity index (χ1) is 7.25. The summed E-state index contributed by atoms with van der Waals surface area (Å²) in [6.45, 7) is 0.716. The molecule has 0 saturated carbocycles. The smallest absolute Gasteiger partial charge is 0.125 e. The lowest BCUT2D eigenvalue weighted by Gasteiger charge is -2.07. The number of thiophene rings is 1. The van der Waals surface area contributed by atoms with Crippen LogP contribution in [-0.2, 0) is 6.54 Å². The van der Waals surface area contributed by atoms with Crippen molar-refractivity contribution in [2.75, 3.05) is 11.1 Å². The Balaban J connectivity index is 2.05. The molecule has 78 valence electrons. The summed E-state index contributed by atoms with van der Waals surface area (Å²) < 4.78 is 12.8. The van der Waals surface area contributed by atoms with Gasteiger partial charge in [0.1, 0.15) is 5.82 Å². The van der Waals surface area contributed by atoms with Gasteiger partial charge in [0, 0.05) is 11.4 Å². The highest BCUT2D eigenvalue weighted by Crippen LogP contribution is 2.20. The van der Waals surface area contributed by atoms with Crippen molar-refractivity contribution in [2.24, 2.45) is 0 Å². The standard InChI is InChI=1S/C11H11FN2S/c12-8-3-4-11(10(13)6-8)14-7-9-2-1-5-15-9/h1-6,14H,7,13H2. The summed E-state index contributed by atoms with van der Waals surface area (Å²) in [4.78, 5) is 1.22. The van der Waals surface area contributed by atoms with Gasteiger partial charge in [-0.25, -0.2) is 4.39 Å². The molecule has 15 heavy (non-hydrogen) atoms. The molecule has 1 aromatic carbocycles. The summed E-state index contributed by atoms with van der Waals surface area (Å²) in [5.74, 6) is -0.311. The van der Waals surface area contributed by atoms with Crippen molar-refractivity contribution in [1.29, 1.82) is 0 Å². The van der Waals surface area contributed by atoms with Crippen LogP contribution in [0.2, 0.25) is 0 Å². The van der Waals surface area contributed by atoms with Crippen molar-refractivity contribution in [3.05, 3.63) is 46.4 Å². The first-order valence-electron chi connectivity index (χ1n) is 4.57. The Morgan fingerprint density at radius 3 is 2.87 bits per heavy atom. The van der Waals surface area contributed by atoms with Crippen LogP contribution in [-0.4, -0.2) is 0 Å². The zero-order chi connectivity index (χ0) is 10.7. The molecule has 3 N–H and O–H groups in total. The molecule has 4 heteroatoms. The van der Waals surface area contributed by atoms with Crippen LogP contribution in [0.25, 0.3) is 0 Å². The molecule has 0 unspecified atom stereocenters. The van der Waals surface area contributed by atoms with E-state index in [9.17, 15) is 4.39 Å². The van der Waals surface area contributed by atoms with Gasteiger partial charge in [-0.1, -0.05) is 6.07 Å². The molecule has 1 aromatic heterocycles. The van der Waals surface area contributed by atoms with Gasteiger partial charge in [-0.05, 0) is 29.6 Å². The van der Waals surface area contributed by atoms with Gasteiger partial charge in [0.25, 0.3) is 0 Å². The Labute approximate surface area is 91.5 Å². The first kappa shape index (κ1) is 9.98. The lowest BCUT2D eigenvalue weighted by molar-refractivity contribution is 0.628. The van der Waals surface area contributed by atoms with E-state index in [4.69, 9.17) is 5.73 Å². The fourth-order valence-corrected chi connectivity index (χ4v) is 1.93. The van der Waals surface area contributed by atoms with Gasteiger partial charge in [0.2, 0.25) is 0 Å². The summed E-state index contributed by atoms with van der Waals surface area (Å²) in [5, 5.41) is 5.18. The number of rotatable bonds is 3. The molecule has 2 aromatic rings. The highest BCUT2D eigenvalue weighted by molar-refractivity contribution is 7.09. The second kappa shape index (κ2) is 4.31. The highest BCUT2D eigenvalue weighted by Gasteiger charge is 2.00. The van der Waals surface area contributed by atoms with Crippen LogP contribution in [0.3, 0.4) is 0 Å². The van der Waals surface area contributed by atoms with E-state index in [1.54, 1.807) is 17.4 Å². The van der Waals surface area contributed by atoms with E-state index in [0.29, 0.717) is 12.2 Å². The average molecular weight is 222 g/mol. The van der Waals surface area contributed by atoms with Crippen molar-refractivity contribution < 1.29 is 4.39 Å². The SMILES string of the molecule is Nc1cc(F)ccc1NCc1cccs1. The van der Waals surface area contributed by atoms with Gasteiger partial charge in [0.15, 0.2) is 0 Å². The Morgan fingerprint density at radius 1 is 1.33 bits per heavy atom. The van der Waals surface area contributed by atoms with Gasteiger partial charge in [-0.3, -0.25) is 0 Å². The summed E-state index contributed by atoms with van der Waals surface area (Å²) in [6.07, 6.45) is 0. The van der Waals surface area contributed by atoms with E-state index in [1.165, 1.54) is 17.0 Å². The molecular weight excluding hydrogens is 211 g/mol. The molecule has 0 bridgehead atoms. The lowest BCUT2D eigenvalue weighted by Crippen LogP contribution is -2.01. The van der Waals surface area contributed by atoms with Crippen molar-refractivity contribution in [2.45, 2.75) is 6.54 Å². The van der Waals surface area contributed by atoms with Gasteiger partial charge in [-0.15, -0.1) is 11.3 Å². The Bertz CT molecular complexity index is 440. The topological polar surface area (TPSA) is 38.0 Å². The molecule has 0 atom stereocenters. The highest BCUT2D eigenvalue weighted by atomic mass is 32.1. The van der Waals surface area contributed by atoms with E-state index >= 15 is 0 Å². The molecule has 0 saturated heterocycles. The zero-order valence-electron chi connectivity index (χ0n) is 8.03. The zero-order valence-corrected chi connectivity index (χ0v) is 8.85. The number of benzene rings is 1. The number of nitrogen functional groups attached to an aromatic ring is 1. The van der Waals surface area contributed by atoms with E-state index < -0.39 is 0 Å². The third kappa shape index (κ3) is 2.47. The minimum atomic E-state index is -0.311. The monoisotopic (exact) mass is 222 g/mol. The van der Waals surface area contributed by atoms with Crippen LogP contribution in [0.4, 0.5) is 15.8 Å². The predicted octanol–water partition coefficient (Wildman–Crippen LogP) is 3.08. The third-order valence-corrected chi connectivity index (χ3v) is 2.92. The molecule has 1 heterocycles. The normalized spacial score (nSPS) is 10.2. The van der Waals surface area contributed by atoms with Crippen LogP contribution >= 0.6 is 11.3 Å². The average Bonchev–Trinajstić information content (AvgIpc) is 2.69. The van der Waals surface area contributed by atoms with Crippen LogP contribution in [0.5, 0.6) is 0 Å². The van der Waals surface area contributed by atoms with Gasteiger partial charge < -0.3 is 11.1 Å². The third-order valence-electron chi connectivity index (χ3n) is 2.05. The number of anilines is 2. The number of halogens is 1. The Morgan fingerprint density at radius 2 is 2.20 bits per heavy atom. The van der Waals surface area contributed by atoms with Crippen LogP contribution in [0.15, 0.2) is 35.7 Å². The van der Waals surface area contributed by atoms with Crippen molar-refractivity contribution in [3.63, 3.8) is 0 Å². The van der Waals surface area contributed by atoms with Crippen LogP contribution < -0.4 is 11.1 Å². The maximum absolute atomic E-state index is 12.8. The first-order valence-corrected chi connectivity index (χ1v) is 5.45. The molecule has 0 aliphatic carbocycles. The van der Waals surface area contributed by atoms with E-state index in [2.05, 4.69) is 5.32 Å². The fraction of sp³-hybridized carbons (Fsp3) is 0.0909. The van der Waals surface area contributed by atoms with Gasteiger partial charge in [0.05, 0.1) is 11.4 Å². The van der Waals surface area contributed by atoms with Crippen molar-refractivity contribution in [1.82, 2.24) is 0 Å². The van der Waals surface area contributed by atoms with E-state index in [-0.39, 0.29) is 5.82 Å². The Kier molecular flexibility index (Phi) is 2.87. The van der Waals surface area contributed by atoms with E-state index in [1.807, 2.05) is 17.5 Å². The minimum Gasteiger partial charge on any atom is -0.397 e. The molecule has 0 fully saturated rings. The maximum atomic E-state index is 12.8. The van der Waals surface area contributed by atoms with Gasteiger partial charge in [-0.2, -0.15) is 0 Å². The maximum Gasteiger partial charge on any atom is 0.125 e. The number of nitrogens with one attached hydrogen (secondary N) is 1. The molecule has 2 rings (SSSR count). The molecule has 0 radical (unpaired) electrons. The van der Waals surface area contributed by atoms with Crippen molar-refractivity contribution >= 4 is 22.7 Å².